The maximum Gasteiger partial charge on any atom is 0.128 e. The first-order valence-corrected chi connectivity index (χ1v) is 6.86. The summed E-state index contributed by atoms with van der Waals surface area (Å²) in [4.78, 5) is 14.6. The van der Waals surface area contributed by atoms with E-state index in [1.54, 1.807) is 9.58 Å². The quantitative estimate of drug-likeness (QED) is 0.605. The predicted molar refractivity (Wildman–Crippen MR) is 66.6 cm³/mol. The monoisotopic (exact) mass is 267 g/mol. The summed E-state index contributed by atoms with van der Waals surface area (Å²) < 4.78 is 1.57. The lowest BCUT2D eigenvalue weighted by Crippen LogP contribution is -3.14. The molecule has 1 aliphatic heterocycles. The fourth-order valence-electron chi connectivity index (χ4n) is 2.44. The summed E-state index contributed by atoms with van der Waals surface area (Å²) in [6, 6.07) is 0. The predicted octanol–water partition coefficient (Wildman–Crippen LogP) is -2.75. The summed E-state index contributed by atoms with van der Waals surface area (Å²) in [5.41, 5.74) is -0.0998. The van der Waals surface area contributed by atoms with Crippen LogP contribution in [0.5, 0.6) is 0 Å². The van der Waals surface area contributed by atoms with E-state index in [1.807, 2.05) is 0 Å². The van der Waals surface area contributed by atoms with E-state index >= 15 is 0 Å². The van der Waals surface area contributed by atoms with E-state index in [0.717, 1.165) is 19.6 Å². The first kappa shape index (κ1) is 14.0. The van der Waals surface area contributed by atoms with Crippen molar-refractivity contribution >= 4 is 5.97 Å². The fraction of sp³-hybridized carbons (Fsp3) is 0.750. The van der Waals surface area contributed by atoms with Crippen LogP contribution in [0.3, 0.4) is 0 Å². The number of carbonyl (C=O) groups excluding carboxylic acids is 1. The Morgan fingerprint density at radius 2 is 2.16 bits per heavy atom. The Bertz CT molecular complexity index is 412. The highest BCUT2D eigenvalue weighted by Crippen LogP contribution is 1.94. The minimum absolute atomic E-state index is 0.0998. The van der Waals surface area contributed by atoms with Crippen molar-refractivity contribution in [1.29, 1.82) is 0 Å². The van der Waals surface area contributed by atoms with Crippen molar-refractivity contribution in [2.24, 2.45) is 0 Å². The lowest BCUT2D eigenvalue weighted by molar-refractivity contribution is -0.904. The van der Waals surface area contributed by atoms with Crippen molar-refractivity contribution < 1.29 is 14.8 Å². The Morgan fingerprint density at radius 1 is 1.42 bits per heavy atom. The van der Waals surface area contributed by atoms with Gasteiger partial charge in [-0.3, -0.25) is 9.58 Å². The molecule has 1 aromatic rings. The summed E-state index contributed by atoms with van der Waals surface area (Å²) >= 11 is 0. The lowest BCUT2D eigenvalue weighted by atomic mass is 10.3. The molecule has 19 heavy (non-hydrogen) atoms. The summed E-state index contributed by atoms with van der Waals surface area (Å²) in [6.07, 6.45) is 2.66. The van der Waals surface area contributed by atoms with Crippen molar-refractivity contribution in [2.75, 3.05) is 39.3 Å². The van der Waals surface area contributed by atoms with Gasteiger partial charge in [0.05, 0.1) is 38.3 Å². The number of carboxylic acids is 1. The van der Waals surface area contributed by atoms with Gasteiger partial charge in [-0.2, -0.15) is 0 Å². The zero-order valence-electron chi connectivity index (χ0n) is 11.3. The van der Waals surface area contributed by atoms with Crippen LogP contribution in [0.25, 0.3) is 0 Å². The van der Waals surface area contributed by atoms with Gasteiger partial charge in [-0.05, 0) is 6.42 Å². The van der Waals surface area contributed by atoms with Crippen molar-refractivity contribution in [2.45, 2.75) is 19.9 Å². The van der Waals surface area contributed by atoms with Gasteiger partial charge in [0.2, 0.25) is 0 Å². The van der Waals surface area contributed by atoms with Crippen LogP contribution >= 0.6 is 0 Å². The maximum absolute atomic E-state index is 10.6. The lowest BCUT2D eigenvalue weighted by Gasteiger charge is -2.31. The van der Waals surface area contributed by atoms with Crippen LogP contribution in [0.4, 0.5) is 0 Å². The van der Waals surface area contributed by atoms with Gasteiger partial charge in [0.25, 0.3) is 0 Å². The number of nitrogens with one attached hydrogen (secondary N) is 1. The molecule has 7 nitrogen and oxygen atoms in total. The highest BCUT2D eigenvalue weighted by Gasteiger charge is 2.18. The largest absolute Gasteiger partial charge is 0.543 e. The molecule has 7 heteroatoms. The summed E-state index contributed by atoms with van der Waals surface area (Å²) in [5.74, 6) is -1.27. The second-order valence-corrected chi connectivity index (χ2v) is 5.00. The molecular weight excluding hydrogens is 246 g/mol. The number of quaternary nitrogens is 1. The topological polar surface area (TPSA) is 78.5 Å². The molecule has 1 aromatic heterocycles. The number of aromatic carboxylic acids is 1. The Labute approximate surface area is 112 Å². The van der Waals surface area contributed by atoms with Gasteiger partial charge in [-0.25, -0.2) is 0 Å². The molecule has 2 heterocycles. The summed E-state index contributed by atoms with van der Waals surface area (Å²) in [6.45, 7) is 9.60. The van der Waals surface area contributed by atoms with Crippen LogP contribution in [0, 0.1) is 0 Å². The van der Waals surface area contributed by atoms with Crippen LogP contribution in [-0.4, -0.2) is 65.1 Å². The Morgan fingerprint density at radius 3 is 2.74 bits per heavy atom. The number of piperazine rings is 1. The van der Waals surface area contributed by atoms with Crippen LogP contribution < -0.4 is 10.0 Å². The molecule has 0 spiro atoms. The van der Waals surface area contributed by atoms with E-state index in [9.17, 15) is 9.90 Å². The number of rotatable bonds is 6. The maximum atomic E-state index is 10.6. The minimum atomic E-state index is -1.27. The number of carbonyl (C=O) groups is 1. The molecule has 1 fully saturated rings. The Balaban J connectivity index is 1.72. The third-order valence-electron chi connectivity index (χ3n) is 3.56. The highest BCUT2D eigenvalue weighted by atomic mass is 16.4. The van der Waals surface area contributed by atoms with Crippen molar-refractivity contribution in [3.8, 4) is 0 Å². The van der Waals surface area contributed by atoms with E-state index in [1.165, 1.54) is 32.3 Å². The van der Waals surface area contributed by atoms with Gasteiger partial charge in [0.15, 0.2) is 0 Å². The van der Waals surface area contributed by atoms with E-state index in [-0.39, 0.29) is 5.69 Å². The molecule has 1 aliphatic rings. The molecule has 106 valence electrons. The molecule has 0 amide bonds. The third kappa shape index (κ3) is 4.00. The SMILES string of the molecule is CCC[NH+]1CCN(CCn2cc(C(=O)[O-])nn2)CC1. The molecule has 0 saturated carbocycles. The van der Waals surface area contributed by atoms with Crippen LogP contribution in [0.1, 0.15) is 23.8 Å². The molecule has 0 unspecified atom stereocenters. The zero-order chi connectivity index (χ0) is 13.7. The molecule has 0 aliphatic carbocycles. The highest BCUT2D eigenvalue weighted by molar-refractivity contribution is 5.82. The number of hydrogen-bond acceptors (Lipinski definition) is 5. The molecule has 0 radical (unpaired) electrons. The van der Waals surface area contributed by atoms with Gasteiger partial charge < -0.3 is 14.8 Å². The van der Waals surface area contributed by atoms with E-state index in [4.69, 9.17) is 0 Å². The Kier molecular flexibility index (Phi) is 4.86. The number of aromatic nitrogens is 3. The number of carboxylic acid groups (broad SMARTS) is 1. The van der Waals surface area contributed by atoms with Gasteiger partial charge in [0.1, 0.15) is 5.69 Å². The van der Waals surface area contributed by atoms with Gasteiger partial charge in [0, 0.05) is 19.6 Å². The van der Waals surface area contributed by atoms with Crippen LogP contribution in [-0.2, 0) is 6.54 Å². The summed E-state index contributed by atoms with van der Waals surface area (Å²) in [7, 11) is 0. The van der Waals surface area contributed by atoms with Crippen LogP contribution in [0.15, 0.2) is 6.20 Å². The van der Waals surface area contributed by atoms with Crippen molar-refractivity contribution in [3.05, 3.63) is 11.9 Å². The standard InChI is InChI=1S/C12H21N5O2/c1-2-3-15-4-6-16(7-5-15)8-9-17-10-11(12(18)19)13-14-17/h10H,2-9H2,1H3,(H,18,19). The van der Waals surface area contributed by atoms with Crippen molar-refractivity contribution in [1.82, 2.24) is 19.9 Å². The van der Waals surface area contributed by atoms with E-state index in [0.29, 0.717) is 6.54 Å². The second-order valence-electron chi connectivity index (χ2n) is 5.00. The normalized spacial score (nSPS) is 17.7. The average molecular weight is 267 g/mol. The first-order valence-electron chi connectivity index (χ1n) is 6.86. The fourth-order valence-corrected chi connectivity index (χ4v) is 2.44. The average Bonchev–Trinajstić information content (AvgIpc) is 2.87. The summed E-state index contributed by atoms with van der Waals surface area (Å²) in [5, 5.41) is 17.9. The Hall–Kier alpha value is -1.47. The molecule has 2 rings (SSSR count). The van der Waals surface area contributed by atoms with E-state index < -0.39 is 5.97 Å². The molecule has 0 bridgehead atoms. The molecular formula is C12H21N5O2. The van der Waals surface area contributed by atoms with Gasteiger partial charge in [-0.15, -0.1) is 5.10 Å². The minimum Gasteiger partial charge on any atom is -0.543 e. The van der Waals surface area contributed by atoms with E-state index in [2.05, 4.69) is 22.1 Å². The molecule has 0 atom stereocenters. The van der Waals surface area contributed by atoms with Crippen molar-refractivity contribution in [3.63, 3.8) is 0 Å². The van der Waals surface area contributed by atoms with Gasteiger partial charge in [-0.1, -0.05) is 12.1 Å². The molecule has 0 aromatic carbocycles. The van der Waals surface area contributed by atoms with Gasteiger partial charge >= 0.3 is 0 Å². The molecule has 1 N–H and O–H groups in total. The smallest absolute Gasteiger partial charge is 0.128 e. The third-order valence-corrected chi connectivity index (χ3v) is 3.56. The second kappa shape index (κ2) is 6.63. The number of hydrogen-bond donors (Lipinski definition) is 1. The van der Waals surface area contributed by atoms with Crippen LogP contribution in [0.2, 0.25) is 0 Å². The first-order chi connectivity index (χ1) is 9.19. The molecule has 1 saturated heterocycles. The number of nitrogens with zero attached hydrogens (tertiary/aromatic N) is 4. The zero-order valence-corrected chi connectivity index (χ0v) is 11.3.